The Bertz CT molecular complexity index is 434. The summed E-state index contributed by atoms with van der Waals surface area (Å²) in [5, 5.41) is 3.31. The van der Waals surface area contributed by atoms with Gasteiger partial charge in [0.1, 0.15) is 5.75 Å². The van der Waals surface area contributed by atoms with Crippen LogP contribution in [-0.4, -0.2) is 32.1 Å². The third-order valence-electron chi connectivity index (χ3n) is 3.52. The topological polar surface area (TPSA) is 41.6 Å². The first-order valence-electron chi connectivity index (χ1n) is 6.92. The van der Waals surface area contributed by atoms with Gasteiger partial charge in [0.25, 0.3) is 0 Å². The summed E-state index contributed by atoms with van der Waals surface area (Å²) in [7, 11) is 1.64. The number of nitrogens with one attached hydrogen (secondary N) is 1. The molecule has 0 spiro atoms. The number of hydrogen-bond acceptors (Lipinski definition) is 3. The average molecular weight is 262 g/mol. The maximum atomic E-state index is 12.0. The summed E-state index contributed by atoms with van der Waals surface area (Å²) in [4.78, 5) is 13.9. The molecular weight excluding hydrogens is 240 g/mol. The first-order valence-corrected chi connectivity index (χ1v) is 6.92. The first-order chi connectivity index (χ1) is 9.24. The van der Waals surface area contributed by atoms with Crippen LogP contribution in [0, 0.1) is 0 Å². The summed E-state index contributed by atoms with van der Waals surface area (Å²) in [6.07, 6.45) is 3.49. The lowest BCUT2D eigenvalue weighted by molar-refractivity contribution is -0.119. The second-order valence-electron chi connectivity index (χ2n) is 4.93. The zero-order valence-corrected chi connectivity index (χ0v) is 11.7. The summed E-state index contributed by atoms with van der Waals surface area (Å²) in [6, 6.07) is 8.08. The van der Waals surface area contributed by atoms with E-state index in [1.807, 2.05) is 29.2 Å². The smallest absolute Gasteiger partial charge is 0.241 e. The standard InChI is InChI=1S/C15H22N2O2/c1-3-4-6-12-11-17(15(18)10-16-12)13-7-5-8-14(9-13)19-2/h5,7-9,12,16H,3-4,6,10-11H2,1-2H3. The van der Waals surface area contributed by atoms with Gasteiger partial charge in [0.15, 0.2) is 0 Å². The second kappa shape index (κ2) is 6.57. The van der Waals surface area contributed by atoms with Gasteiger partial charge in [-0.15, -0.1) is 0 Å². The number of methoxy groups -OCH3 is 1. The van der Waals surface area contributed by atoms with E-state index >= 15 is 0 Å². The molecule has 4 heteroatoms. The second-order valence-corrected chi connectivity index (χ2v) is 4.93. The number of anilines is 1. The van der Waals surface area contributed by atoms with Crippen molar-refractivity contribution in [1.82, 2.24) is 5.32 Å². The minimum atomic E-state index is 0.126. The van der Waals surface area contributed by atoms with Crippen molar-refractivity contribution in [3.8, 4) is 5.75 Å². The van der Waals surface area contributed by atoms with Crippen molar-refractivity contribution in [2.24, 2.45) is 0 Å². The molecule has 1 aromatic rings. The molecule has 1 N–H and O–H groups in total. The zero-order chi connectivity index (χ0) is 13.7. The number of benzene rings is 1. The fourth-order valence-corrected chi connectivity index (χ4v) is 2.39. The number of ether oxygens (including phenoxy) is 1. The van der Waals surface area contributed by atoms with Crippen LogP contribution in [0.3, 0.4) is 0 Å². The predicted molar refractivity (Wildman–Crippen MR) is 76.7 cm³/mol. The van der Waals surface area contributed by atoms with Crippen LogP contribution in [0.1, 0.15) is 26.2 Å². The van der Waals surface area contributed by atoms with Crippen LogP contribution in [0.15, 0.2) is 24.3 Å². The number of rotatable bonds is 5. The van der Waals surface area contributed by atoms with Crippen LogP contribution < -0.4 is 15.0 Å². The maximum Gasteiger partial charge on any atom is 0.241 e. The largest absolute Gasteiger partial charge is 0.497 e. The minimum absolute atomic E-state index is 0.126. The van der Waals surface area contributed by atoms with Crippen molar-refractivity contribution >= 4 is 11.6 Å². The quantitative estimate of drug-likeness (QED) is 0.884. The molecule has 0 aliphatic carbocycles. The molecule has 4 nitrogen and oxygen atoms in total. The van der Waals surface area contributed by atoms with Gasteiger partial charge >= 0.3 is 0 Å². The molecule has 0 bridgehead atoms. The van der Waals surface area contributed by atoms with Crippen molar-refractivity contribution in [2.75, 3.05) is 25.1 Å². The molecular formula is C15H22N2O2. The molecule has 0 saturated carbocycles. The summed E-state index contributed by atoms with van der Waals surface area (Å²) >= 11 is 0. The van der Waals surface area contributed by atoms with Crippen LogP contribution >= 0.6 is 0 Å². The molecule has 1 saturated heterocycles. The molecule has 0 radical (unpaired) electrons. The molecule has 2 rings (SSSR count). The van der Waals surface area contributed by atoms with E-state index in [0.717, 1.165) is 24.4 Å². The molecule has 1 aromatic carbocycles. The van der Waals surface area contributed by atoms with Crippen LogP contribution in [0.25, 0.3) is 0 Å². The Morgan fingerprint density at radius 3 is 3.05 bits per heavy atom. The van der Waals surface area contributed by atoms with Gasteiger partial charge in [-0.25, -0.2) is 0 Å². The highest BCUT2D eigenvalue weighted by atomic mass is 16.5. The highest BCUT2D eigenvalue weighted by Crippen LogP contribution is 2.23. The van der Waals surface area contributed by atoms with Crippen LogP contribution in [0.4, 0.5) is 5.69 Å². The van der Waals surface area contributed by atoms with E-state index < -0.39 is 0 Å². The van der Waals surface area contributed by atoms with E-state index in [4.69, 9.17) is 4.74 Å². The number of carbonyl (C=O) groups excluding carboxylic acids is 1. The van der Waals surface area contributed by atoms with Crippen LogP contribution in [-0.2, 0) is 4.79 Å². The van der Waals surface area contributed by atoms with Gasteiger partial charge in [-0.1, -0.05) is 25.8 Å². The number of amides is 1. The van der Waals surface area contributed by atoms with Crippen molar-refractivity contribution in [2.45, 2.75) is 32.2 Å². The number of carbonyl (C=O) groups is 1. The van der Waals surface area contributed by atoms with Gasteiger partial charge in [-0.3, -0.25) is 4.79 Å². The molecule has 1 amide bonds. The lowest BCUT2D eigenvalue weighted by atomic mass is 10.1. The molecule has 0 aromatic heterocycles. The summed E-state index contributed by atoms with van der Waals surface area (Å²) in [6.45, 7) is 3.35. The lowest BCUT2D eigenvalue weighted by Gasteiger charge is -2.33. The monoisotopic (exact) mass is 262 g/mol. The van der Waals surface area contributed by atoms with Gasteiger partial charge in [-0.05, 0) is 18.6 Å². The number of hydrogen-bond donors (Lipinski definition) is 1. The van der Waals surface area contributed by atoms with E-state index in [0.29, 0.717) is 12.6 Å². The Balaban J connectivity index is 2.09. The van der Waals surface area contributed by atoms with Crippen molar-refractivity contribution in [1.29, 1.82) is 0 Å². The Labute approximate surface area is 114 Å². The molecule has 1 unspecified atom stereocenters. The first kappa shape index (κ1) is 13.9. The molecule has 1 fully saturated rings. The maximum absolute atomic E-state index is 12.0. The molecule has 19 heavy (non-hydrogen) atoms. The van der Waals surface area contributed by atoms with Gasteiger partial charge < -0.3 is 15.0 Å². The predicted octanol–water partition coefficient (Wildman–Crippen LogP) is 2.19. The van der Waals surface area contributed by atoms with Gasteiger partial charge in [0.2, 0.25) is 5.91 Å². The van der Waals surface area contributed by atoms with E-state index in [9.17, 15) is 4.79 Å². The fraction of sp³-hybridized carbons (Fsp3) is 0.533. The Hall–Kier alpha value is -1.55. The average Bonchev–Trinajstić information content (AvgIpc) is 2.46. The SMILES string of the molecule is CCCCC1CN(c2cccc(OC)c2)C(=O)CN1. The minimum Gasteiger partial charge on any atom is -0.497 e. The van der Waals surface area contributed by atoms with Crippen molar-refractivity contribution < 1.29 is 9.53 Å². The number of unbranched alkanes of at least 4 members (excludes halogenated alkanes) is 1. The Kier molecular flexibility index (Phi) is 4.80. The third-order valence-corrected chi connectivity index (χ3v) is 3.52. The molecule has 1 atom stereocenters. The Morgan fingerprint density at radius 1 is 1.47 bits per heavy atom. The highest BCUT2D eigenvalue weighted by molar-refractivity contribution is 5.95. The normalized spacial score (nSPS) is 19.6. The van der Waals surface area contributed by atoms with Crippen LogP contribution in [0.2, 0.25) is 0 Å². The summed E-state index contributed by atoms with van der Waals surface area (Å²) < 4.78 is 5.22. The van der Waals surface area contributed by atoms with E-state index in [1.54, 1.807) is 7.11 Å². The highest BCUT2D eigenvalue weighted by Gasteiger charge is 2.25. The third kappa shape index (κ3) is 3.47. The number of nitrogens with zero attached hydrogens (tertiary/aromatic N) is 1. The molecule has 1 aliphatic rings. The molecule has 104 valence electrons. The fourth-order valence-electron chi connectivity index (χ4n) is 2.39. The van der Waals surface area contributed by atoms with Crippen LogP contribution in [0.5, 0.6) is 5.75 Å². The Morgan fingerprint density at radius 2 is 2.32 bits per heavy atom. The van der Waals surface area contributed by atoms with Crippen molar-refractivity contribution in [3.63, 3.8) is 0 Å². The van der Waals surface area contributed by atoms with E-state index in [1.165, 1.54) is 12.8 Å². The van der Waals surface area contributed by atoms with Gasteiger partial charge in [-0.2, -0.15) is 0 Å². The van der Waals surface area contributed by atoms with Gasteiger partial charge in [0.05, 0.1) is 13.7 Å². The summed E-state index contributed by atoms with van der Waals surface area (Å²) in [5.41, 5.74) is 0.923. The van der Waals surface area contributed by atoms with E-state index in [-0.39, 0.29) is 5.91 Å². The zero-order valence-electron chi connectivity index (χ0n) is 11.7. The molecule has 1 heterocycles. The number of piperazine rings is 1. The lowest BCUT2D eigenvalue weighted by Crippen LogP contribution is -2.54. The summed E-state index contributed by atoms with van der Waals surface area (Å²) in [5.74, 6) is 0.912. The molecule has 1 aliphatic heterocycles. The van der Waals surface area contributed by atoms with E-state index in [2.05, 4.69) is 12.2 Å². The van der Waals surface area contributed by atoms with Gasteiger partial charge in [0, 0.05) is 24.3 Å². The van der Waals surface area contributed by atoms with Crippen molar-refractivity contribution in [3.05, 3.63) is 24.3 Å².